The maximum absolute atomic E-state index is 13.6. The van der Waals surface area contributed by atoms with Gasteiger partial charge in [0.25, 0.3) is 5.91 Å². The van der Waals surface area contributed by atoms with Crippen LogP contribution in [0.1, 0.15) is 121 Å². The molecule has 0 bridgehead atoms. The molecule has 3 atom stereocenters. The highest BCUT2D eigenvalue weighted by Crippen LogP contribution is 2.42. The molecule has 3 aromatic rings. The zero-order chi connectivity index (χ0) is 38.9. The number of benzene rings is 1. The number of rotatable bonds is 14. The van der Waals surface area contributed by atoms with Crippen LogP contribution in [-0.2, 0) is 19.1 Å². The van der Waals surface area contributed by atoms with Gasteiger partial charge < -0.3 is 34.4 Å². The Hall–Kier alpha value is -4.88. The SMILES string of the molecule is CCCCN(C(=O)[C@@H](NC(=O)OC)C(C)C)c1ncc(C2CCC(c3ccc(-c4cnc([C@@H]5CCCN5C(=O)[C@H](NC(=O)OC)C(C)C)[nH]4)cc3)CC2)o1. The fraction of sp³-hybridized carbons (Fsp3) is 0.600. The van der Waals surface area contributed by atoms with Crippen molar-refractivity contribution in [3.63, 3.8) is 0 Å². The molecule has 2 aromatic heterocycles. The standard InChI is InChI=1S/C40H57N7O7/c1-8-9-20-47(37(49)34(25(4)5)45-40(51)53-7)38-42-23-32(54-38)29-18-14-27(15-19-29)26-12-16-28(17-13-26)30-22-41-35(43-30)31-11-10-21-46(31)36(48)33(24(2)3)44-39(50)52-6/h12-13,16-17,22-25,27,29,31,33-34H,8-11,14-15,18-21H2,1-7H3,(H,41,43)(H,44,50)(H,45,51)/t27?,29?,31-,33+,34-/m0/s1. The molecule has 0 radical (unpaired) electrons. The molecular weight excluding hydrogens is 690 g/mol. The summed E-state index contributed by atoms with van der Waals surface area (Å²) in [6.07, 6.45) is 9.49. The molecule has 1 aliphatic heterocycles. The van der Waals surface area contributed by atoms with Crippen molar-refractivity contribution in [1.82, 2.24) is 30.5 Å². The molecule has 14 heteroatoms. The normalized spacial score (nSPS) is 19.7. The van der Waals surface area contributed by atoms with Crippen LogP contribution in [-0.4, -0.2) is 83.2 Å². The highest BCUT2D eigenvalue weighted by atomic mass is 16.5. The number of anilines is 1. The quantitative estimate of drug-likeness (QED) is 0.156. The Morgan fingerprint density at radius 3 is 2.13 bits per heavy atom. The van der Waals surface area contributed by atoms with Gasteiger partial charge in [-0.1, -0.05) is 65.3 Å². The van der Waals surface area contributed by atoms with Gasteiger partial charge in [0.05, 0.1) is 38.3 Å². The molecule has 0 spiro atoms. The Balaban J connectivity index is 1.20. The van der Waals surface area contributed by atoms with Crippen LogP contribution in [0, 0.1) is 11.8 Å². The molecule has 14 nitrogen and oxygen atoms in total. The molecular formula is C40H57N7O7. The molecule has 54 heavy (non-hydrogen) atoms. The number of aromatic amines is 1. The molecule has 1 saturated heterocycles. The third-order valence-corrected chi connectivity index (χ3v) is 10.8. The molecule has 3 heterocycles. The summed E-state index contributed by atoms with van der Waals surface area (Å²) in [7, 11) is 2.57. The second-order valence-electron chi connectivity index (χ2n) is 15.1. The lowest BCUT2D eigenvalue weighted by Gasteiger charge is -2.30. The number of nitrogens with zero attached hydrogens (tertiary/aromatic N) is 4. The predicted molar refractivity (Wildman–Crippen MR) is 204 cm³/mol. The molecule has 1 saturated carbocycles. The minimum Gasteiger partial charge on any atom is -0.453 e. The highest BCUT2D eigenvalue weighted by Gasteiger charge is 2.38. The summed E-state index contributed by atoms with van der Waals surface area (Å²) < 4.78 is 15.8. The summed E-state index contributed by atoms with van der Waals surface area (Å²) in [4.78, 5) is 67.2. The molecule has 4 amide bonds. The molecule has 2 aliphatic rings. The molecule has 5 rings (SSSR count). The number of unbranched alkanes of at least 4 members (excludes halogenated alkanes) is 1. The van der Waals surface area contributed by atoms with Gasteiger partial charge >= 0.3 is 18.2 Å². The summed E-state index contributed by atoms with van der Waals surface area (Å²) in [5, 5.41) is 5.37. The Morgan fingerprint density at radius 1 is 0.889 bits per heavy atom. The Kier molecular flexibility index (Phi) is 13.8. The van der Waals surface area contributed by atoms with Crippen molar-refractivity contribution in [2.75, 3.05) is 32.2 Å². The van der Waals surface area contributed by atoms with Gasteiger partial charge in [-0.2, -0.15) is 0 Å². The number of alkyl carbamates (subject to hydrolysis) is 2. The first-order valence-corrected chi connectivity index (χ1v) is 19.4. The zero-order valence-electron chi connectivity index (χ0n) is 32.7. The Morgan fingerprint density at radius 2 is 1.52 bits per heavy atom. The fourth-order valence-electron chi connectivity index (χ4n) is 7.57. The van der Waals surface area contributed by atoms with Gasteiger partial charge in [-0.25, -0.2) is 19.6 Å². The van der Waals surface area contributed by atoms with E-state index in [2.05, 4.69) is 56.8 Å². The number of H-pyrrole nitrogens is 1. The Bertz CT molecular complexity index is 1710. The number of aromatic nitrogens is 3. The van der Waals surface area contributed by atoms with Crippen molar-refractivity contribution < 1.29 is 33.1 Å². The summed E-state index contributed by atoms with van der Waals surface area (Å²) in [6.45, 7) is 10.7. The number of nitrogens with one attached hydrogen (secondary N) is 3. The lowest BCUT2D eigenvalue weighted by molar-refractivity contribution is -0.135. The van der Waals surface area contributed by atoms with E-state index < -0.39 is 24.3 Å². The minimum atomic E-state index is -0.768. The van der Waals surface area contributed by atoms with Crippen molar-refractivity contribution in [2.45, 2.75) is 116 Å². The van der Waals surface area contributed by atoms with Gasteiger partial charge in [0.15, 0.2) is 0 Å². The van der Waals surface area contributed by atoms with Gasteiger partial charge in [0, 0.05) is 19.0 Å². The van der Waals surface area contributed by atoms with Crippen molar-refractivity contribution in [2.24, 2.45) is 11.8 Å². The van der Waals surface area contributed by atoms with Crippen LogP contribution in [0.25, 0.3) is 11.3 Å². The van der Waals surface area contributed by atoms with Crippen LogP contribution in [0.5, 0.6) is 0 Å². The molecule has 3 N–H and O–H groups in total. The van der Waals surface area contributed by atoms with E-state index in [1.807, 2.05) is 38.8 Å². The van der Waals surface area contributed by atoms with E-state index in [1.165, 1.54) is 19.8 Å². The number of carbonyl (C=O) groups excluding carboxylic acids is 4. The van der Waals surface area contributed by atoms with Gasteiger partial charge in [-0.05, 0) is 73.8 Å². The lowest BCUT2D eigenvalue weighted by atomic mass is 9.78. The second kappa shape index (κ2) is 18.4. The predicted octanol–water partition coefficient (Wildman–Crippen LogP) is 7.06. The van der Waals surface area contributed by atoms with E-state index in [0.717, 1.165) is 74.2 Å². The van der Waals surface area contributed by atoms with E-state index in [4.69, 9.17) is 13.9 Å². The molecule has 2 fully saturated rings. The first-order valence-electron chi connectivity index (χ1n) is 19.4. The molecule has 0 unspecified atom stereocenters. The topological polar surface area (TPSA) is 172 Å². The highest BCUT2D eigenvalue weighted by molar-refractivity contribution is 5.97. The minimum absolute atomic E-state index is 0.0982. The third-order valence-electron chi connectivity index (χ3n) is 10.8. The molecule has 1 aliphatic carbocycles. The van der Waals surface area contributed by atoms with Gasteiger partial charge in [0.2, 0.25) is 5.91 Å². The van der Waals surface area contributed by atoms with Crippen molar-refractivity contribution in [3.05, 3.63) is 53.8 Å². The van der Waals surface area contributed by atoms with Crippen LogP contribution < -0.4 is 15.5 Å². The summed E-state index contributed by atoms with van der Waals surface area (Å²) in [6, 6.07) is 7.25. The number of methoxy groups -OCH3 is 2. The van der Waals surface area contributed by atoms with E-state index in [0.29, 0.717) is 19.0 Å². The first kappa shape index (κ1) is 40.3. The number of ether oxygens (including phenoxy) is 2. The smallest absolute Gasteiger partial charge is 0.407 e. The van der Waals surface area contributed by atoms with Crippen LogP contribution in [0.4, 0.5) is 15.6 Å². The second-order valence-corrected chi connectivity index (χ2v) is 15.1. The number of hydrogen-bond donors (Lipinski definition) is 3. The van der Waals surface area contributed by atoms with E-state index in [1.54, 1.807) is 11.1 Å². The van der Waals surface area contributed by atoms with Crippen molar-refractivity contribution >= 4 is 30.0 Å². The average Bonchev–Trinajstić information content (AvgIpc) is 3.97. The summed E-state index contributed by atoms with van der Waals surface area (Å²) in [5.41, 5.74) is 3.20. The van der Waals surface area contributed by atoms with Crippen molar-refractivity contribution in [1.29, 1.82) is 0 Å². The van der Waals surface area contributed by atoms with Gasteiger partial charge in [0.1, 0.15) is 23.7 Å². The maximum atomic E-state index is 13.6. The monoisotopic (exact) mass is 747 g/mol. The summed E-state index contributed by atoms with van der Waals surface area (Å²) >= 11 is 0. The van der Waals surface area contributed by atoms with Gasteiger partial charge in [-0.3, -0.25) is 14.5 Å². The van der Waals surface area contributed by atoms with Crippen molar-refractivity contribution in [3.8, 4) is 11.3 Å². The fourth-order valence-corrected chi connectivity index (χ4v) is 7.57. The number of amides is 4. The average molecular weight is 748 g/mol. The first-order chi connectivity index (χ1) is 25.9. The zero-order valence-corrected chi connectivity index (χ0v) is 32.7. The number of oxazole rings is 1. The van der Waals surface area contributed by atoms with Gasteiger partial charge in [-0.15, -0.1) is 0 Å². The number of hydrogen-bond acceptors (Lipinski definition) is 9. The van der Waals surface area contributed by atoms with E-state index in [-0.39, 0.29) is 41.6 Å². The number of imidazole rings is 1. The Labute approximate surface area is 318 Å². The molecule has 294 valence electrons. The van der Waals surface area contributed by atoms with Crippen LogP contribution in [0.15, 0.2) is 41.1 Å². The van der Waals surface area contributed by atoms with E-state index >= 15 is 0 Å². The van der Waals surface area contributed by atoms with Crippen LogP contribution in [0.2, 0.25) is 0 Å². The van der Waals surface area contributed by atoms with E-state index in [9.17, 15) is 19.2 Å². The number of carbonyl (C=O) groups is 4. The maximum Gasteiger partial charge on any atom is 0.407 e. The molecule has 1 aromatic carbocycles. The third kappa shape index (κ3) is 9.43. The summed E-state index contributed by atoms with van der Waals surface area (Å²) in [5.74, 6) is 1.49. The number of likely N-dealkylation sites (tertiary alicyclic amines) is 1. The lowest BCUT2D eigenvalue weighted by Crippen LogP contribution is -2.51. The van der Waals surface area contributed by atoms with Crippen LogP contribution >= 0.6 is 0 Å². The largest absolute Gasteiger partial charge is 0.453 e. The van der Waals surface area contributed by atoms with Crippen LogP contribution in [0.3, 0.4) is 0 Å².